The van der Waals surface area contributed by atoms with Crippen molar-refractivity contribution in [3.05, 3.63) is 18.2 Å². The fourth-order valence-electron chi connectivity index (χ4n) is 1.78. The molecule has 11 nitrogen and oxygen atoms in total. The summed E-state index contributed by atoms with van der Waals surface area (Å²) in [7, 11) is 0. The molecule has 0 aromatic carbocycles. The summed E-state index contributed by atoms with van der Waals surface area (Å²) in [6.07, 6.45) is 2.25. The molecule has 0 aliphatic carbocycles. The number of nitrogens with one attached hydrogen (secondary N) is 3. The van der Waals surface area contributed by atoms with E-state index in [0.717, 1.165) is 0 Å². The van der Waals surface area contributed by atoms with Crippen LogP contribution in [-0.2, 0) is 25.6 Å². The maximum absolute atomic E-state index is 12.0. The van der Waals surface area contributed by atoms with E-state index in [1.54, 1.807) is 0 Å². The van der Waals surface area contributed by atoms with E-state index in [4.69, 9.17) is 15.9 Å². The summed E-state index contributed by atoms with van der Waals surface area (Å²) in [4.78, 5) is 51.9. The van der Waals surface area contributed by atoms with Crippen LogP contribution in [0.3, 0.4) is 0 Å². The van der Waals surface area contributed by atoms with Crippen LogP contribution in [0.15, 0.2) is 12.5 Å². The number of carbonyl (C=O) groups is 4. The van der Waals surface area contributed by atoms with Crippen molar-refractivity contribution >= 4 is 23.8 Å². The van der Waals surface area contributed by atoms with E-state index < -0.39 is 48.3 Å². The normalized spacial score (nSPS) is 14.2. The highest BCUT2D eigenvalue weighted by molar-refractivity contribution is 5.92. The van der Waals surface area contributed by atoms with Gasteiger partial charge in [-0.15, -0.1) is 0 Å². The molecule has 0 saturated carbocycles. The molecular formula is C13H19N5O6. The minimum Gasteiger partial charge on any atom is -0.481 e. The smallest absolute Gasteiger partial charge is 0.326 e. The second-order valence-electron chi connectivity index (χ2n) is 5.10. The molecule has 0 aliphatic heterocycles. The molecule has 24 heavy (non-hydrogen) atoms. The van der Waals surface area contributed by atoms with Gasteiger partial charge in [-0.25, -0.2) is 9.78 Å². The van der Waals surface area contributed by atoms with Gasteiger partial charge in [0.2, 0.25) is 11.8 Å². The van der Waals surface area contributed by atoms with Crippen LogP contribution in [0.2, 0.25) is 0 Å². The lowest BCUT2D eigenvalue weighted by Crippen LogP contribution is -2.54. The molecule has 0 spiro atoms. The van der Waals surface area contributed by atoms with E-state index in [2.05, 4.69) is 20.6 Å². The van der Waals surface area contributed by atoms with Crippen molar-refractivity contribution in [1.29, 1.82) is 0 Å². The monoisotopic (exact) mass is 341 g/mol. The molecule has 1 rings (SSSR count). The molecule has 7 N–H and O–H groups in total. The van der Waals surface area contributed by atoms with Crippen molar-refractivity contribution in [3.63, 3.8) is 0 Å². The Kier molecular flexibility index (Phi) is 6.86. The first-order valence-electron chi connectivity index (χ1n) is 6.99. The van der Waals surface area contributed by atoms with Crippen LogP contribution in [0.25, 0.3) is 0 Å². The van der Waals surface area contributed by atoms with E-state index >= 15 is 0 Å². The number of aromatic nitrogens is 2. The van der Waals surface area contributed by atoms with Crippen LogP contribution >= 0.6 is 0 Å². The van der Waals surface area contributed by atoms with Gasteiger partial charge in [0.25, 0.3) is 0 Å². The zero-order valence-corrected chi connectivity index (χ0v) is 12.9. The lowest BCUT2D eigenvalue weighted by Gasteiger charge is -2.19. The first-order chi connectivity index (χ1) is 11.2. The Morgan fingerprint density at radius 3 is 2.42 bits per heavy atom. The first kappa shape index (κ1) is 19.1. The lowest BCUT2D eigenvalue weighted by atomic mass is 10.1. The number of nitrogens with zero attached hydrogens (tertiary/aromatic N) is 1. The Morgan fingerprint density at radius 1 is 1.25 bits per heavy atom. The van der Waals surface area contributed by atoms with Gasteiger partial charge in [-0.3, -0.25) is 14.4 Å². The fourth-order valence-corrected chi connectivity index (χ4v) is 1.78. The molecule has 1 aromatic rings. The van der Waals surface area contributed by atoms with E-state index in [1.165, 1.54) is 19.4 Å². The van der Waals surface area contributed by atoms with Gasteiger partial charge in [-0.2, -0.15) is 0 Å². The summed E-state index contributed by atoms with van der Waals surface area (Å²) in [5, 5.41) is 22.2. The molecule has 132 valence electrons. The molecule has 0 fully saturated rings. The third-order valence-corrected chi connectivity index (χ3v) is 3.07. The Bertz CT molecular complexity index is 602. The molecule has 11 heteroatoms. The number of nitrogens with two attached hydrogens (primary N) is 1. The van der Waals surface area contributed by atoms with E-state index in [9.17, 15) is 19.2 Å². The predicted molar refractivity (Wildman–Crippen MR) is 79.7 cm³/mol. The van der Waals surface area contributed by atoms with Crippen molar-refractivity contribution in [2.75, 3.05) is 0 Å². The average molecular weight is 341 g/mol. The number of carbonyl (C=O) groups excluding carboxylic acids is 2. The molecule has 2 amide bonds. The van der Waals surface area contributed by atoms with Gasteiger partial charge in [0.1, 0.15) is 12.1 Å². The number of imidazole rings is 1. The van der Waals surface area contributed by atoms with Crippen molar-refractivity contribution in [2.45, 2.75) is 37.9 Å². The number of carboxylic acids is 2. The number of amides is 2. The highest BCUT2D eigenvalue weighted by Gasteiger charge is 2.26. The summed E-state index contributed by atoms with van der Waals surface area (Å²) in [6, 6.07) is -3.62. The van der Waals surface area contributed by atoms with E-state index in [1.807, 2.05) is 0 Å². The Hall–Kier alpha value is -2.95. The van der Waals surface area contributed by atoms with Gasteiger partial charge >= 0.3 is 11.9 Å². The number of aliphatic carboxylic acids is 2. The molecular weight excluding hydrogens is 322 g/mol. The minimum absolute atomic E-state index is 0.0379. The number of rotatable bonds is 9. The Labute approximate surface area is 136 Å². The van der Waals surface area contributed by atoms with Gasteiger partial charge in [0.05, 0.1) is 24.5 Å². The molecule has 1 aromatic heterocycles. The van der Waals surface area contributed by atoms with Crippen molar-refractivity contribution in [3.8, 4) is 0 Å². The standard InChI is InChI=1S/C13H19N5O6/c1-6(17-12(22)8(14)3-10(19)20)11(21)18-9(13(23)24)2-7-4-15-5-16-7/h4-6,8-9H,2-3,14H2,1H3,(H,15,16)(H,17,22)(H,18,21)(H,19,20)(H,23,24)/t6-,8+,9+/m1/s1. The number of hydrogen-bond donors (Lipinski definition) is 6. The quantitative estimate of drug-likeness (QED) is 0.292. The summed E-state index contributed by atoms with van der Waals surface area (Å²) in [6.45, 7) is 1.33. The van der Waals surface area contributed by atoms with Crippen molar-refractivity contribution in [1.82, 2.24) is 20.6 Å². The summed E-state index contributed by atoms with van der Waals surface area (Å²) in [5.41, 5.74) is 5.82. The molecule has 0 radical (unpaired) electrons. The molecule has 3 atom stereocenters. The van der Waals surface area contributed by atoms with E-state index in [0.29, 0.717) is 5.69 Å². The van der Waals surface area contributed by atoms with Crippen LogP contribution in [0, 0.1) is 0 Å². The van der Waals surface area contributed by atoms with Crippen LogP contribution in [-0.4, -0.2) is 62.1 Å². The second-order valence-corrected chi connectivity index (χ2v) is 5.10. The van der Waals surface area contributed by atoms with Crippen LogP contribution < -0.4 is 16.4 Å². The third kappa shape index (κ3) is 6.04. The second kappa shape index (κ2) is 8.62. The molecule has 0 aliphatic rings. The van der Waals surface area contributed by atoms with Crippen molar-refractivity contribution < 1.29 is 29.4 Å². The Morgan fingerprint density at radius 2 is 1.92 bits per heavy atom. The maximum atomic E-state index is 12.0. The zero-order chi connectivity index (χ0) is 18.3. The maximum Gasteiger partial charge on any atom is 0.326 e. The lowest BCUT2D eigenvalue weighted by molar-refractivity contribution is -0.142. The summed E-state index contributed by atoms with van der Waals surface area (Å²) >= 11 is 0. The molecule has 1 heterocycles. The van der Waals surface area contributed by atoms with Crippen LogP contribution in [0.1, 0.15) is 19.0 Å². The number of carboxylic acid groups (broad SMARTS) is 2. The molecule has 0 unspecified atom stereocenters. The third-order valence-electron chi connectivity index (χ3n) is 3.07. The largest absolute Gasteiger partial charge is 0.481 e. The number of aromatic amines is 1. The van der Waals surface area contributed by atoms with Crippen molar-refractivity contribution in [2.24, 2.45) is 5.73 Å². The van der Waals surface area contributed by atoms with Crippen LogP contribution in [0.4, 0.5) is 0 Å². The Balaban J connectivity index is 2.58. The van der Waals surface area contributed by atoms with Gasteiger partial charge in [-0.1, -0.05) is 0 Å². The van der Waals surface area contributed by atoms with E-state index in [-0.39, 0.29) is 6.42 Å². The SMILES string of the molecule is C[C@@H](NC(=O)[C@@H](N)CC(=O)O)C(=O)N[C@@H](Cc1c[nH]cn1)C(=O)O. The summed E-state index contributed by atoms with van der Waals surface area (Å²) < 4.78 is 0. The zero-order valence-electron chi connectivity index (χ0n) is 12.9. The topological polar surface area (TPSA) is 187 Å². The average Bonchev–Trinajstić information content (AvgIpc) is 2.98. The van der Waals surface area contributed by atoms with Gasteiger partial charge < -0.3 is 31.6 Å². The molecule has 0 bridgehead atoms. The number of hydrogen-bond acceptors (Lipinski definition) is 6. The predicted octanol–water partition coefficient (Wildman–Crippen LogP) is -2.17. The number of H-pyrrole nitrogens is 1. The van der Waals surface area contributed by atoms with Crippen LogP contribution in [0.5, 0.6) is 0 Å². The highest BCUT2D eigenvalue weighted by Crippen LogP contribution is 2.00. The van der Waals surface area contributed by atoms with Gasteiger partial charge in [0.15, 0.2) is 0 Å². The van der Waals surface area contributed by atoms with Gasteiger partial charge in [-0.05, 0) is 6.92 Å². The molecule has 0 saturated heterocycles. The highest BCUT2D eigenvalue weighted by atomic mass is 16.4. The minimum atomic E-state index is -1.31. The van der Waals surface area contributed by atoms with Gasteiger partial charge in [0, 0.05) is 12.6 Å². The summed E-state index contributed by atoms with van der Waals surface area (Å²) in [5.74, 6) is -4.07. The first-order valence-corrected chi connectivity index (χ1v) is 6.99. The fraction of sp³-hybridized carbons (Fsp3) is 0.462.